The van der Waals surface area contributed by atoms with E-state index in [9.17, 15) is 10.1 Å². The summed E-state index contributed by atoms with van der Waals surface area (Å²) in [6.45, 7) is 0. The number of anilines is 1. The van der Waals surface area contributed by atoms with Crippen LogP contribution in [0, 0.1) is 22.0 Å². The Bertz CT molecular complexity index is 473. The number of non-ortho nitro benzene ring substituents is 1. The highest BCUT2D eigenvalue weighted by atomic mass is 16.6. The fourth-order valence-electron chi connectivity index (χ4n) is 2.06. The van der Waals surface area contributed by atoms with Crippen LogP contribution in [-0.2, 0) is 0 Å². The molecule has 94 valence electrons. The summed E-state index contributed by atoms with van der Waals surface area (Å²) in [5.74, 6) is 1.37. The molecule has 1 N–H and O–H groups in total. The number of rotatable bonds is 5. The lowest BCUT2D eigenvalue weighted by molar-refractivity contribution is -0.384. The third-order valence-electron chi connectivity index (χ3n) is 3.38. The molecule has 0 spiro atoms. The van der Waals surface area contributed by atoms with Crippen LogP contribution < -0.4 is 5.43 Å². The Balaban J connectivity index is 1.68. The quantitative estimate of drug-likeness (QED) is 0.492. The first-order valence-electron chi connectivity index (χ1n) is 6.32. The molecular weight excluding hydrogens is 230 g/mol. The first-order valence-corrected chi connectivity index (χ1v) is 6.32. The Hall–Kier alpha value is -1.91. The molecule has 0 heterocycles. The van der Waals surface area contributed by atoms with Crippen LogP contribution in [0.2, 0.25) is 0 Å². The Kier molecular flexibility index (Phi) is 2.74. The smallest absolute Gasteiger partial charge is 0.269 e. The van der Waals surface area contributed by atoms with Crippen LogP contribution in [0.25, 0.3) is 0 Å². The van der Waals surface area contributed by atoms with Crippen molar-refractivity contribution in [2.24, 2.45) is 16.9 Å². The molecule has 0 aliphatic heterocycles. The maximum absolute atomic E-state index is 10.5. The first kappa shape index (κ1) is 11.2. The molecule has 0 atom stereocenters. The minimum Gasteiger partial charge on any atom is -0.279 e. The molecule has 0 amide bonds. The molecule has 0 aromatic heterocycles. The van der Waals surface area contributed by atoms with Gasteiger partial charge in [0.1, 0.15) is 0 Å². The fraction of sp³-hybridized carbons (Fsp3) is 0.462. The van der Waals surface area contributed by atoms with Crippen LogP contribution >= 0.6 is 0 Å². The zero-order valence-corrected chi connectivity index (χ0v) is 10.0. The monoisotopic (exact) mass is 245 g/mol. The second-order valence-corrected chi connectivity index (χ2v) is 5.00. The van der Waals surface area contributed by atoms with Crippen molar-refractivity contribution >= 4 is 17.1 Å². The van der Waals surface area contributed by atoms with Gasteiger partial charge in [-0.1, -0.05) is 0 Å². The normalized spacial score (nSPS) is 18.2. The Labute approximate surface area is 105 Å². The van der Waals surface area contributed by atoms with Crippen molar-refractivity contribution in [1.82, 2.24) is 0 Å². The second kappa shape index (κ2) is 4.40. The highest BCUT2D eigenvalue weighted by molar-refractivity contribution is 5.93. The number of hydrogen-bond acceptors (Lipinski definition) is 4. The number of hydrazone groups is 1. The van der Waals surface area contributed by atoms with Gasteiger partial charge in [-0.3, -0.25) is 15.5 Å². The molecule has 2 aliphatic rings. The summed E-state index contributed by atoms with van der Waals surface area (Å²) in [6, 6.07) is 6.37. The van der Waals surface area contributed by atoms with E-state index in [1.165, 1.54) is 43.5 Å². The van der Waals surface area contributed by atoms with Crippen molar-refractivity contribution in [2.45, 2.75) is 25.7 Å². The Morgan fingerprint density at radius 2 is 1.72 bits per heavy atom. The van der Waals surface area contributed by atoms with Gasteiger partial charge >= 0.3 is 0 Å². The summed E-state index contributed by atoms with van der Waals surface area (Å²) in [6.07, 6.45) is 5.04. The Morgan fingerprint density at radius 1 is 1.17 bits per heavy atom. The maximum atomic E-state index is 10.5. The number of nitro groups is 1. The van der Waals surface area contributed by atoms with E-state index in [4.69, 9.17) is 0 Å². The number of benzene rings is 1. The minimum absolute atomic E-state index is 0.106. The van der Waals surface area contributed by atoms with E-state index >= 15 is 0 Å². The van der Waals surface area contributed by atoms with Gasteiger partial charge in [-0.15, -0.1) is 0 Å². The SMILES string of the molecule is O=[N+]([O-])c1ccc(NN=C(C2CC2)C2CC2)cc1. The molecule has 18 heavy (non-hydrogen) atoms. The van der Waals surface area contributed by atoms with Gasteiger partial charge in [0.2, 0.25) is 0 Å². The van der Waals surface area contributed by atoms with E-state index in [1.807, 2.05) is 0 Å². The molecule has 1 aromatic carbocycles. The molecule has 2 saturated carbocycles. The highest BCUT2D eigenvalue weighted by Gasteiger charge is 2.38. The van der Waals surface area contributed by atoms with E-state index in [1.54, 1.807) is 12.1 Å². The summed E-state index contributed by atoms with van der Waals surface area (Å²) in [5, 5.41) is 15.0. The topological polar surface area (TPSA) is 67.5 Å². The van der Waals surface area contributed by atoms with Crippen molar-refractivity contribution in [3.8, 4) is 0 Å². The summed E-state index contributed by atoms with van der Waals surface area (Å²) in [5.41, 5.74) is 5.23. The van der Waals surface area contributed by atoms with Gasteiger partial charge in [-0.05, 0) is 49.7 Å². The largest absolute Gasteiger partial charge is 0.279 e. The van der Waals surface area contributed by atoms with Crippen molar-refractivity contribution in [3.05, 3.63) is 34.4 Å². The summed E-state index contributed by atoms with van der Waals surface area (Å²) < 4.78 is 0. The van der Waals surface area contributed by atoms with Gasteiger partial charge in [0, 0.05) is 17.8 Å². The van der Waals surface area contributed by atoms with E-state index < -0.39 is 4.92 Å². The third-order valence-corrected chi connectivity index (χ3v) is 3.38. The molecule has 5 heteroatoms. The fourth-order valence-corrected chi connectivity index (χ4v) is 2.06. The predicted molar refractivity (Wildman–Crippen MR) is 69.6 cm³/mol. The van der Waals surface area contributed by atoms with Gasteiger partial charge in [0.15, 0.2) is 0 Å². The van der Waals surface area contributed by atoms with Crippen LogP contribution in [0.1, 0.15) is 25.7 Å². The van der Waals surface area contributed by atoms with Gasteiger partial charge in [-0.25, -0.2) is 0 Å². The molecule has 0 unspecified atom stereocenters. The van der Waals surface area contributed by atoms with E-state index in [0.717, 1.165) is 5.69 Å². The molecule has 2 aliphatic carbocycles. The van der Waals surface area contributed by atoms with Gasteiger partial charge in [0.25, 0.3) is 5.69 Å². The van der Waals surface area contributed by atoms with Gasteiger partial charge in [0.05, 0.1) is 10.6 Å². The van der Waals surface area contributed by atoms with Crippen molar-refractivity contribution in [1.29, 1.82) is 0 Å². The summed E-state index contributed by atoms with van der Waals surface area (Å²) >= 11 is 0. The molecular formula is C13H15N3O2. The zero-order chi connectivity index (χ0) is 12.5. The van der Waals surface area contributed by atoms with Crippen LogP contribution in [0.4, 0.5) is 11.4 Å². The van der Waals surface area contributed by atoms with Crippen LogP contribution in [-0.4, -0.2) is 10.6 Å². The standard InChI is InChI=1S/C13H15N3O2/c17-16(18)12-7-5-11(6-8-12)14-15-13(9-1-2-9)10-3-4-10/h5-10,14H,1-4H2. The summed E-state index contributed by atoms with van der Waals surface area (Å²) in [7, 11) is 0. The molecule has 3 rings (SSSR count). The average Bonchev–Trinajstić information content (AvgIpc) is 3.24. The van der Waals surface area contributed by atoms with Crippen LogP contribution in [0.5, 0.6) is 0 Å². The van der Waals surface area contributed by atoms with Crippen LogP contribution in [0.3, 0.4) is 0 Å². The lowest BCUT2D eigenvalue weighted by atomic mass is 10.1. The third kappa shape index (κ3) is 2.50. The molecule has 1 aromatic rings. The lowest BCUT2D eigenvalue weighted by Gasteiger charge is -2.04. The van der Waals surface area contributed by atoms with E-state index in [0.29, 0.717) is 11.8 Å². The number of hydrogen-bond donors (Lipinski definition) is 1. The molecule has 2 fully saturated rings. The summed E-state index contributed by atoms with van der Waals surface area (Å²) in [4.78, 5) is 10.1. The predicted octanol–water partition coefficient (Wildman–Crippen LogP) is 3.18. The number of nitro benzene ring substituents is 1. The number of nitrogens with zero attached hydrogens (tertiary/aromatic N) is 2. The van der Waals surface area contributed by atoms with Crippen molar-refractivity contribution in [2.75, 3.05) is 5.43 Å². The lowest BCUT2D eigenvalue weighted by Crippen LogP contribution is -2.07. The average molecular weight is 245 g/mol. The van der Waals surface area contributed by atoms with Crippen LogP contribution in [0.15, 0.2) is 29.4 Å². The molecule has 0 saturated heterocycles. The second-order valence-electron chi connectivity index (χ2n) is 5.00. The molecule has 0 bridgehead atoms. The zero-order valence-electron chi connectivity index (χ0n) is 10.0. The van der Waals surface area contributed by atoms with Crippen molar-refractivity contribution in [3.63, 3.8) is 0 Å². The molecule has 0 radical (unpaired) electrons. The minimum atomic E-state index is -0.396. The molecule has 5 nitrogen and oxygen atoms in total. The Morgan fingerprint density at radius 3 is 2.17 bits per heavy atom. The van der Waals surface area contributed by atoms with E-state index in [2.05, 4.69) is 10.5 Å². The van der Waals surface area contributed by atoms with E-state index in [-0.39, 0.29) is 5.69 Å². The van der Waals surface area contributed by atoms with Gasteiger partial charge in [-0.2, -0.15) is 5.10 Å². The van der Waals surface area contributed by atoms with Crippen molar-refractivity contribution < 1.29 is 4.92 Å². The highest BCUT2D eigenvalue weighted by Crippen LogP contribution is 2.42. The number of nitrogens with one attached hydrogen (secondary N) is 1. The first-order chi connectivity index (χ1) is 8.74. The van der Waals surface area contributed by atoms with Gasteiger partial charge < -0.3 is 0 Å². The maximum Gasteiger partial charge on any atom is 0.269 e.